The first-order chi connectivity index (χ1) is 11.7. The predicted molar refractivity (Wildman–Crippen MR) is 93.5 cm³/mol. The molecule has 8 nitrogen and oxygen atoms in total. The largest absolute Gasteiger partial charge is 0.475 e. The average molecular weight is 365 g/mol. The van der Waals surface area contributed by atoms with E-state index in [1.165, 1.54) is 18.2 Å². The number of aromatic nitrogens is 1. The number of nitrogens with one attached hydrogen (secondary N) is 1. The van der Waals surface area contributed by atoms with Crippen LogP contribution in [0.4, 0.5) is 11.4 Å². The summed E-state index contributed by atoms with van der Waals surface area (Å²) in [5, 5.41) is 14.0. The van der Waals surface area contributed by atoms with E-state index in [0.717, 1.165) is 11.8 Å². The molecule has 0 saturated heterocycles. The molecule has 0 saturated carbocycles. The van der Waals surface area contributed by atoms with Crippen molar-refractivity contribution >= 4 is 21.2 Å². The molecule has 0 unspecified atom stereocenters. The summed E-state index contributed by atoms with van der Waals surface area (Å²) in [6, 6.07) is 7.49. The van der Waals surface area contributed by atoms with Gasteiger partial charge in [-0.15, -0.1) is 0 Å². The number of nitrogens with zero attached hydrogens (tertiary/aromatic N) is 2. The fraction of sp³-hybridized carbons (Fsp3) is 0.312. The normalized spacial score (nSPS) is 11.4. The van der Waals surface area contributed by atoms with Gasteiger partial charge < -0.3 is 10.1 Å². The van der Waals surface area contributed by atoms with Crippen LogP contribution in [0.2, 0.25) is 0 Å². The molecule has 9 heteroatoms. The maximum Gasteiger partial charge on any atom is 0.288 e. The molecule has 0 bridgehead atoms. The van der Waals surface area contributed by atoms with Crippen molar-refractivity contribution in [2.75, 3.05) is 11.6 Å². The molecule has 0 radical (unpaired) electrons. The van der Waals surface area contributed by atoms with Gasteiger partial charge in [-0.25, -0.2) is 13.4 Å². The Morgan fingerprint density at radius 2 is 2.00 bits per heavy atom. The van der Waals surface area contributed by atoms with E-state index in [2.05, 4.69) is 10.3 Å². The third-order valence-corrected chi connectivity index (χ3v) is 4.33. The first-order valence-electron chi connectivity index (χ1n) is 7.51. The minimum atomic E-state index is -3.71. The average Bonchev–Trinajstić information content (AvgIpc) is 2.52. The summed E-state index contributed by atoms with van der Waals surface area (Å²) >= 11 is 0. The minimum absolute atomic E-state index is 0.0333. The number of hydrogen-bond donors (Lipinski definition) is 1. The molecule has 1 aromatic carbocycles. The van der Waals surface area contributed by atoms with Crippen molar-refractivity contribution < 1.29 is 18.1 Å². The van der Waals surface area contributed by atoms with Crippen LogP contribution in [0.3, 0.4) is 0 Å². The van der Waals surface area contributed by atoms with Crippen molar-refractivity contribution in [1.82, 2.24) is 4.98 Å². The first-order valence-corrected chi connectivity index (χ1v) is 9.40. The summed E-state index contributed by atoms with van der Waals surface area (Å²) < 4.78 is 29.0. The van der Waals surface area contributed by atoms with Crippen molar-refractivity contribution in [2.24, 2.45) is 0 Å². The van der Waals surface area contributed by atoms with Gasteiger partial charge in [0, 0.05) is 36.8 Å². The van der Waals surface area contributed by atoms with Gasteiger partial charge in [-0.3, -0.25) is 10.1 Å². The third-order valence-electron chi connectivity index (χ3n) is 3.21. The summed E-state index contributed by atoms with van der Waals surface area (Å²) in [6.45, 7) is 4.20. The highest BCUT2D eigenvalue weighted by atomic mass is 32.2. The number of anilines is 1. The third kappa shape index (κ3) is 5.15. The Labute approximate surface area is 145 Å². The Hall–Kier alpha value is -2.68. The fourth-order valence-corrected chi connectivity index (χ4v) is 2.97. The maximum atomic E-state index is 11.8. The standard InChI is InChI=1S/C16H19N3O5S/c1-11(2)24-16-7-4-12(10-18-16)9-17-13-5-6-14(19(20)21)15(8-13)25(3,22)23/h4-8,10-11,17H,9H2,1-3H3. The summed E-state index contributed by atoms with van der Waals surface area (Å²) in [5.41, 5.74) is 0.883. The van der Waals surface area contributed by atoms with Crippen molar-refractivity contribution in [3.05, 3.63) is 52.2 Å². The molecule has 0 aliphatic rings. The molecule has 0 spiro atoms. The molecule has 0 amide bonds. The molecule has 1 heterocycles. The Morgan fingerprint density at radius 3 is 2.52 bits per heavy atom. The maximum absolute atomic E-state index is 11.8. The zero-order valence-electron chi connectivity index (χ0n) is 14.1. The van der Waals surface area contributed by atoms with Gasteiger partial charge in [0.15, 0.2) is 9.84 Å². The van der Waals surface area contributed by atoms with E-state index < -0.39 is 20.4 Å². The summed E-state index contributed by atoms with van der Waals surface area (Å²) in [4.78, 5) is 14.1. The summed E-state index contributed by atoms with van der Waals surface area (Å²) in [7, 11) is -3.71. The number of rotatable bonds is 7. The van der Waals surface area contributed by atoms with Crippen molar-refractivity contribution in [1.29, 1.82) is 0 Å². The topological polar surface area (TPSA) is 111 Å². The lowest BCUT2D eigenvalue weighted by Gasteiger charge is -2.10. The van der Waals surface area contributed by atoms with Crippen LogP contribution < -0.4 is 10.1 Å². The summed E-state index contributed by atoms with van der Waals surface area (Å²) in [6.07, 6.45) is 2.62. The Kier molecular flexibility index (Phi) is 5.58. The molecule has 2 aromatic rings. The van der Waals surface area contributed by atoms with Gasteiger partial charge in [0.2, 0.25) is 5.88 Å². The fourth-order valence-electron chi connectivity index (χ4n) is 2.10. The predicted octanol–water partition coefficient (Wildman–Crippen LogP) is 2.79. The molecule has 0 aliphatic carbocycles. The first kappa shape index (κ1) is 18.7. The van der Waals surface area contributed by atoms with Gasteiger partial charge in [-0.05, 0) is 31.5 Å². The second-order valence-electron chi connectivity index (χ2n) is 5.74. The second kappa shape index (κ2) is 7.47. The van der Waals surface area contributed by atoms with E-state index in [-0.39, 0.29) is 11.0 Å². The smallest absolute Gasteiger partial charge is 0.288 e. The lowest BCUT2D eigenvalue weighted by atomic mass is 10.2. The quantitative estimate of drug-likeness (QED) is 0.593. The molecule has 2 rings (SSSR count). The van der Waals surface area contributed by atoms with Crippen LogP contribution in [-0.2, 0) is 16.4 Å². The van der Waals surface area contributed by atoms with Gasteiger partial charge in [-0.2, -0.15) is 0 Å². The highest BCUT2D eigenvalue weighted by molar-refractivity contribution is 7.90. The van der Waals surface area contributed by atoms with Gasteiger partial charge in [-0.1, -0.05) is 6.07 Å². The van der Waals surface area contributed by atoms with Gasteiger partial charge in [0.05, 0.1) is 11.0 Å². The van der Waals surface area contributed by atoms with Crippen LogP contribution in [0.15, 0.2) is 41.4 Å². The van der Waals surface area contributed by atoms with Gasteiger partial charge >= 0.3 is 0 Å². The lowest BCUT2D eigenvalue weighted by Crippen LogP contribution is -2.07. The van der Waals surface area contributed by atoms with Crippen LogP contribution in [0.25, 0.3) is 0 Å². The Bertz CT molecular complexity index is 864. The van der Waals surface area contributed by atoms with E-state index in [0.29, 0.717) is 18.1 Å². The van der Waals surface area contributed by atoms with E-state index in [1.54, 1.807) is 12.3 Å². The summed E-state index contributed by atoms with van der Waals surface area (Å²) in [5.74, 6) is 0.522. The van der Waals surface area contributed by atoms with E-state index in [1.807, 2.05) is 19.9 Å². The van der Waals surface area contributed by atoms with Crippen LogP contribution in [0, 0.1) is 10.1 Å². The molecule has 25 heavy (non-hydrogen) atoms. The van der Waals surface area contributed by atoms with Crippen LogP contribution in [-0.4, -0.2) is 30.7 Å². The number of nitro benzene ring substituents is 1. The second-order valence-corrected chi connectivity index (χ2v) is 7.72. The zero-order chi connectivity index (χ0) is 18.6. The molecule has 0 aliphatic heterocycles. The number of benzene rings is 1. The van der Waals surface area contributed by atoms with E-state index >= 15 is 0 Å². The minimum Gasteiger partial charge on any atom is -0.475 e. The Balaban J connectivity index is 2.14. The van der Waals surface area contributed by atoms with Gasteiger partial charge in [0.25, 0.3) is 5.69 Å². The van der Waals surface area contributed by atoms with Crippen LogP contribution >= 0.6 is 0 Å². The molecule has 1 N–H and O–H groups in total. The van der Waals surface area contributed by atoms with Crippen LogP contribution in [0.1, 0.15) is 19.4 Å². The number of pyridine rings is 1. The Morgan fingerprint density at radius 1 is 1.28 bits per heavy atom. The van der Waals surface area contributed by atoms with E-state index in [4.69, 9.17) is 4.74 Å². The molecule has 134 valence electrons. The molecule has 0 fully saturated rings. The van der Waals surface area contributed by atoms with Crippen LogP contribution in [0.5, 0.6) is 5.88 Å². The SMILES string of the molecule is CC(C)Oc1ccc(CNc2ccc([N+](=O)[O-])c(S(C)(=O)=O)c2)cn1. The van der Waals surface area contributed by atoms with Crippen molar-refractivity contribution in [2.45, 2.75) is 31.4 Å². The number of sulfone groups is 1. The monoisotopic (exact) mass is 365 g/mol. The molecule has 0 atom stereocenters. The highest BCUT2D eigenvalue weighted by Crippen LogP contribution is 2.27. The molecular weight excluding hydrogens is 346 g/mol. The zero-order valence-corrected chi connectivity index (χ0v) is 14.9. The van der Waals surface area contributed by atoms with Gasteiger partial charge in [0.1, 0.15) is 4.90 Å². The van der Waals surface area contributed by atoms with E-state index in [9.17, 15) is 18.5 Å². The number of ether oxygens (including phenoxy) is 1. The highest BCUT2D eigenvalue weighted by Gasteiger charge is 2.22. The van der Waals surface area contributed by atoms with Crippen molar-refractivity contribution in [3.8, 4) is 5.88 Å². The number of nitro groups is 1. The molecule has 1 aromatic heterocycles. The van der Waals surface area contributed by atoms with Crippen molar-refractivity contribution in [3.63, 3.8) is 0 Å². The lowest BCUT2D eigenvalue weighted by molar-refractivity contribution is -0.387. The number of hydrogen-bond acceptors (Lipinski definition) is 7. The molecular formula is C16H19N3O5S.